The van der Waals surface area contributed by atoms with Gasteiger partial charge in [0.1, 0.15) is 15.7 Å². The Morgan fingerprint density at radius 3 is 2.81 bits per heavy atom. The van der Waals surface area contributed by atoms with Crippen molar-refractivity contribution >= 4 is 51.3 Å². The van der Waals surface area contributed by atoms with E-state index in [1.54, 1.807) is 25.6 Å². The van der Waals surface area contributed by atoms with E-state index >= 15 is 0 Å². The molecule has 130 valence electrons. The summed E-state index contributed by atoms with van der Waals surface area (Å²) in [5.74, 6) is 0.389. The number of carbonyl (C=O) groups is 1. The first kappa shape index (κ1) is 17.0. The number of hydrogen-bond acceptors (Lipinski definition) is 6. The molecule has 0 unspecified atom stereocenters. The Labute approximate surface area is 159 Å². The van der Waals surface area contributed by atoms with E-state index in [4.69, 9.17) is 21.4 Å². The van der Waals surface area contributed by atoms with E-state index < -0.39 is 0 Å². The van der Waals surface area contributed by atoms with Crippen LogP contribution in [-0.4, -0.2) is 22.3 Å². The van der Waals surface area contributed by atoms with Crippen molar-refractivity contribution in [1.29, 1.82) is 0 Å². The Hall–Kier alpha value is -2.48. The molecule has 0 spiro atoms. The van der Waals surface area contributed by atoms with E-state index in [1.807, 2.05) is 30.3 Å². The van der Waals surface area contributed by atoms with Crippen LogP contribution < -0.4 is 5.32 Å². The summed E-state index contributed by atoms with van der Waals surface area (Å²) in [6.45, 7) is 0.572. The van der Waals surface area contributed by atoms with Gasteiger partial charge in [-0.05, 0) is 17.2 Å². The molecule has 0 saturated carbocycles. The third kappa shape index (κ3) is 3.29. The molecule has 1 aliphatic rings. The quantitative estimate of drug-likeness (QED) is 0.541. The number of fused-ring (bicyclic) bond motifs is 1. The lowest BCUT2D eigenvalue weighted by atomic mass is 10.0. The van der Waals surface area contributed by atoms with Gasteiger partial charge in [-0.25, -0.2) is 0 Å². The first-order valence-corrected chi connectivity index (χ1v) is 9.07. The molecule has 2 aromatic heterocycles. The Kier molecular flexibility index (Phi) is 4.58. The van der Waals surface area contributed by atoms with Crippen LogP contribution in [0.4, 0.5) is 0 Å². The number of furan rings is 1. The molecule has 1 saturated heterocycles. The lowest BCUT2D eigenvalue weighted by molar-refractivity contribution is -0.115. The van der Waals surface area contributed by atoms with Gasteiger partial charge in [0.05, 0.1) is 11.5 Å². The molecule has 26 heavy (non-hydrogen) atoms. The number of thiocarbonyl (C=S) groups is 1. The SMILES string of the molecule is COCc1ccc(-c2cncc3cc(/C=C4/SC(=S)NC4=O)oc23)cc1. The van der Waals surface area contributed by atoms with Crippen molar-refractivity contribution in [1.82, 2.24) is 10.3 Å². The molecule has 4 rings (SSSR count). The molecule has 1 aliphatic heterocycles. The van der Waals surface area contributed by atoms with Crippen LogP contribution in [0.1, 0.15) is 11.3 Å². The summed E-state index contributed by atoms with van der Waals surface area (Å²) in [7, 11) is 1.67. The summed E-state index contributed by atoms with van der Waals surface area (Å²) < 4.78 is 11.6. The minimum absolute atomic E-state index is 0.201. The molecule has 0 aliphatic carbocycles. The Morgan fingerprint density at radius 2 is 2.12 bits per heavy atom. The van der Waals surface area contributed by atoms with Gasteiger partial charge < -0.3 is 14.5 Å². The van der Waals surface area contributed by atoms with Crippen LogP contribution in [0.5, 0.6) is 0 Å². The zero-order chi connectivity index (χ0) is 18.1. The van der Waals surface area contributed by atoms with Crippen molar-refractivity contribution in [3.05, 3.63) is 59.0 Å². The molecule has 1 aromatic carbocycles. The fraction of sp³-hybridized carbons (Fsp3) is 0.105. The van der Waals surface area contributed by atoms with Gasteiger partial charge in [0, 0.05) is 36.5 Å². The molecule has 0 radical (unpaired) electrons. The maximum atomic E-state index is 11.8. The maximum absolute atomic E-state index is 11.8. The van der Waals surface area contributed by atoms with Crippen molar-refractivity contribution in [2.24, 2.45) is 0 Å². The highest BCUT2D eigenvalue weighted by Gasteiger charge is 2.22. The molecular weight excluding hydrogens is 368 g/mol. The van der Waals surface area contributed by atoms with Crippen LogP contribution >= 0.6 is 24.0 Å². The highest BCUT2D eigenvalue weighted by molar-refractivity contribution is 8.26. The Morgan fingerprint density at radius 1 is 1.31 bits per heavy atom. The van der Waals surface area contributed by atoms with Gasteiger partial charge in [0.2, 0.25) is 0 Å². The number of rotatable bonds is 4. The summed E-state index contributed by atoms with van der Waals surface area (Å²) in [6, 6.07) is 9.94. The number of nitrogens with zero attached hydrogens (tertiary/aromatic N) is 1. The van der Waals surface area contributed by atoms with Gasteiger partial charge in [-0.3, -0.25) is 9.78 Å². The summed E-state index contributed by atoms with van der Waals surface area (Å²) in [4.78, 5) is 16.7. The molecule has 5 nitrogen and oxygen atoms in total. The second-order valence-corrected chi connectivity index (χ2v) is 7.46. The number of ether oxygens (including phenoxy) is 1. The molecule has 0 bridgehead atoms. The molecule has 1 N–H and O–H groups in total. The van der Waals surface area contributed by atoms with Gasteiger partial charge in [-0.2, -0.15) is 0 Å². The Bertz CT molecular complexity index is 1040. The monoisotopic (exact) mass is 382 g/mol. The van der Waals surface area contributed by atoms with Gasteiger partial charge in [-0.15, -0.1) is 0 Å². The van der Waals surface area contributed by atoms with Crippen molar-refractivity contribution < 1.29 is 13.9 Å². The van der Waals surface area contributed by atoms with Crippen molar-refractivity contribution in [2.45, 2.75) is 6.61 Å². The van der Waals surface area contributed by atoms with Gasteiger partial charge in [0.15, 0.2) is 0 Å². The number of pyridine rings is 1. The average molecular weight is 382 g/mol. The fourth-order valence-electron chi connectivity index (χ4n) is 2.76. The van der Waals surface area contributed by atoms with E-state index in [9.17, 15) is 4.79 Å². The first-order chi connectivity index (χ1) is 12.6. The van der Waals surface area contributed by atoms with E-state index in [0.29, 0.717) is 21.6 Å². The zero-order valence-corrected chi connectivity index (χ0v) is 15.4. The number of carbonyl (C=O) groups excluding carboxylic acids is 1. The van der Waals surface area contributed by atoms with Crippen LogP contribution in [0.25, 0.3) is 28.2 Å². The van der Waals surface area contributed by atoms with Gasteiger partial charge >= 0.3 is 0 Å². The second kappa shape index (κ2) is 7.03. The number of aromatic nitrogens is 1. The summed E-state index contributed by atoms with van der Waals surface area (Å²) >= 11 is 6.24. The fourth-order valence-corrected chi connectivity index (χ4v) is 3.78. The number of hydrogen-bond donors (Lipinski definition) is 1. The first-order valence-electron chi connectivity index (χ1n) is 7.85. The highest BCUT2D eigenvalue weighted by atomic mass is 32.2. The number of benzene rings is 1. The van der Waals surface area contributed by atoms with E-state index in [-0.39, 0.29) is 5.91 Å². The largest absolute Gasteiger partial charge is 0.456 e. The van der Waals surface area contributed by atoms with Crippen LogP contribution in [0.3, 0.4) is 0 Å². The molecule has 3 heterocycles. The summed E-state index contributed by atoms with van der Waals surface area (Å²) in [6.07, 6.45) is 5.22. The minimum atomic E-state index is -0.201. The van der Waals surface area contributed by atoms with E-state index in [2.05, 4.69) is 10.3 Å². The lowest BCUT2D eigenvalue weighted by Gasteiger charge is -2.04. The lowest BCUT2D eigenvalue weighted by Crippen LogP contribution is -2.17. The summed E-state index contributed by atoms with van der Waals surface area (Å²) in [5.41, 5.74) is 3.74. The van der Waals surface area contributed by atoms with E-state index in [1.165, 1.54) is 11.8 Å². The standard InChI is InChI=1S/C19H14N2O3S2/c1-23-10-11-2-4-12(5-3-11)15-9-20-8-13-6-14(24-17(13)15)7-16-18(22)21-19(25)26-16/h2-9H,10H2,1H3,(H,21,22,25)/b16-7+. The van der Waals surface area contributed by atoms with Crippen molar-refractivity contribution in [3.8, 4) is 11.1 Å². The third-order valence-electron chi connectivity index (χ3n) is 3.93. The molecule has 1 amide bonds. The third-order valence-corrected chi connectivity index (χ3v) is 5.10. The number of amides is 1. The minimum Gasteiger partial charge on any atom is -0.456 e. The highest BCUT2D eigenvalue weighted by Crippen LogP contribution is 2.33. The van der Waals surface area contributed by atoms with Gasteiger partial charge in [-0.1, -0.05) is 48.2 Å². The van der Waals surface area contributed by atoms with Crippen molar-refractivity contribution in [3.63, 3.8) is 0 Å². The smallest absolute Gasteiger partial charge is 0.263 e. The van der Waals surface area contributed by atoms with E-state index in [0.717, 1.165) is 27.7 Å². The van der Waals surface area contributed by atoms with Crippen LogP contribution in [0.15, 0.2) is 52.0 Å². The predicted octanol–water partition coefficient (Wildman–Crippen LogP) is 4.13. The second-order valence-electron chi connectivity index (χ2n) is 5.74. The summed E-state index contributed by atoms with van der Waals surface area (Å²) in [5, 5.41) is 3.47. The molecular formula is C19H14N2O3S2. The maximum Gasteiger partial charge on any atom is 0.263 e. The zero-order valence-electron chi connectivity index (χ0n) is 13.8. The normalized spacial score (nSPS) is 15.8. The molecule has 3 aromatic rings. The Balaban J connectivity index is 1.73. The molecule has 1 fully saturated rings. The number of methoxy groups -OCH3 is 1. The average Bonchev–Trinajstić information content (AvgIpc) is 3.18. The van der Waals surface area contributed by atoms with Gasteiger partial charge in [0.25, 0.3) is 5.91 Å². The van der Waals surface area contributed by atoms with Crippen molar-refractivity contribution in [2.75, 3.05) is 7.11 Å². The number of nitrogens with one attached hydrogen (secondary N) is 1. The van der Waals surface area contributed by atoms with Crippen LogP contribution in [-0.2, 0) is 16.1 Å². The number of thioether (sulfide) groups is 1. The topological polar surface area (TPSA) is 64.4 Å². The van der Waals surface area contributed by atoms with Crippen LogP contribution in [0, 0.1) is 0 Å². The van der Waals surface area contributed by atoms with Crippen LogP contribution in [0.2, 0.25) is 0 Å². The predicted molar refractivity (Wildman–Crippen MR) is 106 cm³/mol. The molecule has 7 heteroatoms. The molecule has 0 atom stereocenters.